The van der Waals surface area contributed by atoms with Gasteiger partial charge in [0.05, 0.1) is 29.8 Å². The van der Waals surface area contributed by atoms with Gasteiger partial charge in [-0.05, 0) is 42.8 Å². The Morgan fingerprint density at radius 1 is 0.906 bits per heavy atom. The summed E-state index contributed by atoms with van der Waals surface area (Å²) < 4.78 is 5.41. The largest absolute Gasteiger partial charge is 0.461 e. The van der Waals surface area contributed by atoms with Crippen molar-refractivity contribution in [3.63, 3.8) is 0 Å². The number of furan rings is 1. The molecular weight excluding hydrogens is 404 g/mol. The summed E-state index contributed by atoms with van der Waals surface area (Å²) in [7, 11) is 0. The van der Waals surface area contributed by atoms with Crippen molar-refractivity contribution in [1.82, 2.24) is 0 Å². The van der Waals surface area contributed by atoms with Gasteiger partial charge in [0.1, 0.15) is 6.04 Å². The van der Waals surface area contributed by atoms with Crippen LogP contribution in [-0.4, -0.2) is 29.7 Å². The first kappa shape index (κ1) is 18.8. The maximum absolute atomic E-state index is 13.7. The Balaban J connectivity index is 1.50. The molecule has 2 saturated heterocycles. The third-order valence-corrected chi connectivity index (χ3v) is 6.74. The van der Waals surface area contributed by atoms with Gasteiger partial charge >= 0.3 is 0 Å². The number of anilines is 2. The van der Waals surface area contributed by atoms with Crippen molar-refractivity contribution in [3.8, 4) is 0 Å². The molecule has 0 bridgehead atoms. The van der Waals surface area contributed by atoms with Gasteiger partial charge in [-0.25, -0.2) is 4.90 Å². The van der Waals surface area contributed by atoms with E-state index in [0.717, 1.165) is 16.8 Å². The average molecular weight is 424 g/mol. The van der Waals surface area contributed by atoms with E-state index in [1.165, 1.54) is 11.2 Å². The lowest BCUT2D eigenvalue weighted by molar-refractivity contribution is -0.122. The number of benzene rings is 2. The van der Waals surface area contributed by atoms with Crippen molar-refractivity contribution in [1.29, 1.82) is 0 Å². The van der Waals surface area contributed by atoms with Crippen LogP contribution in [0.5, 0.6) is 0 Å². The van der Waals surface area contributed by atoms with Gasteiger partial charge in [-0.2, -0.15) is 0 Å². The molecule has 2 fully saturated rings. The number of fused-ring (bicyclic) bond motifs is 5. The number of carbonyl (C=O) groups is 3. The van der Waals surface area contributed by atoms with Crippen LogP contribution in [0.15, 0.2) is 77.4 Å². The fraction of sp³-hybridized carbons (Fsp3) is 0.192. The van der Waals surface area contributed by atoms with E-state index in [1.807, 2.05) is 60.4 Å². The molecule has 6 heteroatoms. The van der Waals surface area contributed by atoms with Crippen LogP contribution < -0.4 is 9.80 Å². The van der Waals surface area contributed by atoms with Gasteiger partial charge in [-0.3, -0.25) is 14.4 Å². The van der Waals surface area contributed by atoms with Crippen molar-refractivity contribution >= 4 is 35.0 Å². The molecule has 3 aliphatic heterocycles. The number of ketones is 1. The summed E-state index contributed by atoms with van der Waals surface area (Å²) >= 11 is 0. The minimum absolute atomic E-state index is 0.190. The van der Waals surface area contributed by atoms with E-state index in [9.17, 15) is 14.4 Å². The standard InChI is InChI=1S/C26H20N2O4/c1-15-8-11-17(12-9-15)27-25(30)21-19-13-10-16-5-2-3-6-18(16)28(19)23(22(21)26(27)31)24(29)20-7-4-14-32-20/h2-14,19,21-23H,1H3/t19-,21+,22-,23+/m1/s1. The topological polar surface area (TPSA) is 70.8 Å². The van der Waals surface area contributed by atoms with Gasteiger partial charge in [0, 0.05) is 5.69 Å². The first-order valence-corrected chi connectivity index (χ1v) is 10.6. The van der Waals surface area contributed by atoms with Crippen LogP contribution in [0, 0.1) is 18.8 Å². The Morgan fingerprint density at radius 3 is 2.41 bits per heavy atom. The number of hydrogen-bond acceptors (Lipinski definition) is 5. The highest BCUT2D eigenvalue weighted by atomic mass is 16.3. The molecule has 6 rings (SSSR count). The lowest BCUT2D eigenvalue weighted by Gasteiger charge is -2.36. The van der Waals surface area contributed by atoms with Crippen LogP contribution in [0.25, 0.3) is 6.08 Å². The molecule has 2 amide bonds. The van der Waals surface area contributed by atoms with Crippen molar-refractivity contribution in [2.75, 3.05) is 9.80 Å². The van der Waals surface area contributed by atoms with E-state index in [2.05, 4.69) is 0 Å². The van der Waals surface area contributed by atoms with Crippen molar-refractivity contribution in [2.24, 2.45) is 11.8 Å². The highest BCUT2D eigenvalue weighted by Gasteiger charge is 2.64. The normalized spacial score (nSPS) is 25.7. The summed E-state index contributed by atoms with van der Waals surface area (Å²) in [6.45, 7) is 1.95. The Bertz CT molecular complexity index is 1280. The lowest BCUT2D eigenvalue weighted by atomic mass is 9.87. The third kappa shape index (κ3) is 2.49. The van der Waals surface area contributed by atoms with Gasteiger partial charge in [-0.15, -0.1) is 0 Å². The number of carbonyl (C=O) groups excluding carboxylic acids is 3. The molecule has 32 heavy (non-hydrogen) atoms. The highest BCUT2D eigenvalue weighted by molar-refractivity contribution is 6.25. The fourth-order valence-corrected chi connectivity index (χ4v) is 5.33. The smallest absolute Gasteiger partial charge is 0.240 e. The first-order valence-electron chi connectivity index (χ1n) is 10.6. The quantitative estimate of drug-likeness (QED) is 0.472. The Hall–Kier alpha value is -3.93. The molecule has 4 atom stereocenters. The number of aryl methyl sites for hydroxylation is 1. The fourth-order valence-electron chi connectivity index (χ4n) is 5.33. The second-order valence-corrected chi connectivity index (χ2v) is 8.50. The highest BCUT2D eigenvalue weighted by Crippen LogP contribution is 2.49. The summed E-state index contributed by atoms with van der Waals surface area (Å²) in [5.41, 5.74) is 3.38. The number of imide groups is 1. The van der Waals surface area contributed by atoms with Crippen molar-refractivity contribution in [2.45, 2.75) is 19.0 Å². The Labute approximate surface area is 184 Å². The summed E-state index contributed by atoms with van der Waals surface area (Å²) in [4.78, 5) is 44.1. The summed E-state index contributed by atoms with van der Waals surface area (Å²) in [6.07, 6.45) is 5.36. The molecule has 0 aliphatic carbocycles. The van der Waals surface area contributed by atoms with Gasteiger partial charge in [0.15, 0.2) is 5.76 Å². The molecule has 0 saturated carbocycles. The zero-order valence-corrected chi connectivity index (χ0v) is 17.3. The van der Waals surface area contributed by atoms with E-state index < -0.39 is 17.9 Å². The molecule has 158 valence electrons. The van der Waals surface area contributed by atoms with Crippen LogP contribution in [0.4, 0.5) is 11.4 Å². The van der Waals surface area contributed by atoms with E-state index in [1.54, 1.807) is 24.3 Å². The molecule has 0 radical (unpaired) electrons. The lowest BCUT2D eigenvalue weighted by Crippen LogP contribution is -2.48. The molecule has 0 unspecified atom stereocenters. The number of nitrogens with zero attached hydrogens (tertiary/aromatic N) is 2. The Kier molecular flexibility index (Phi) is 3.99. The second-order valence-electron chi connectivity index (χ2n) is 8.50. The van der Waals surface area contributed by atoms with Crippen LogP contribution >= 0.6 is 0 Å². The van der Waals surface area contributed by atoms with Crippen LogP contribution in [-0.2, 0) is 9.59 Å². The van der Waals surface area contributed by atoms with E-state index in [0.29, 0.717) is 5.69 Å². The molecule has 3 aromatic rings. The van der Waals surface area contributed by atoms with Gasteiger partial charge in [0.2, 0.25) is 17.6 Å². The summed E-state index contributed by atoms with van der Waals surface area (Å²) in [5, 5.41) is 0. The van der Waals surface area contributed by atoms with E-state index >= 15 is 0 Å². The van der Waals surface area contributed by atoms with E-state index in [4.69, 9.17) is 4.42 Å². The number of hydrogen-bond donors (Lipinski definition) is 0. The molecule has 2 aromatic carbocycles. The zero-order chi connectivity index (χ0) is 22.0. The minimum Gasteiger partial charge on any atom is -0.461 e. The molecule has 4 heterocycles. The third-order valence-electron chi connectivity index (χ3n) is 6.74. The molecule has 3 aliphatic rings. The maximum atomic E-state index is 13.7. The summed E-state index contributed by atoms with van der Waals surface area (Å²) in [6, 6.07) is 17.1. The monoisotopic (exact) mass is 424 g/mol. The van der Waals surface area contributed by atoms with E-state index in [-0.39, 0.29) is 29.4 Å². The number of rotatable bonds is 3. The van der Waals surface area contributed by atoms with Crippen LogP contribution in [0.2, 0.25) is 0 Å². The molecule has 6 nitrogen and oxygen atoms in total. The van der Waals surface area contributed by atoms with Gasteiger partial charge in [-0.1, -0.05) is 48.0 Å². The van der Waals surface area contributed by atoms with Crippen molar-refractivity contribution < 1.29 is 18.8 Å². The molecule has 0 spiro atoms. The number of para-hydroxylation sites is 1. The van der Waals surface area contributed by atoms with Gasteiger partial charge in [0.25, 0.3) is 0 Å². The zero-order valence-electron chi connectivity index (χ0n) is 17.3. The number of Topliss-reactive ketones (excluding diaryl/α,β-unsaturated/α-hetero) is 1. The average Bonchev–Trinajstić information content (AvgIpc) is 3.51. The summed E-state index contributed by atoms with van der Waals surface area (Å²) in [5.74, 6) is -2.13. The Morgan fingerprint density at radius 2 is 1.66 bits per heavy atom. The maximum Gasteiger partial charge on any atom is 0.240 e. The molecular formula is C26H20N2O4. The molecule has 0 N–H and O–H groups in total. The predicted octanol–water partition coefficient (Wildman–Crippen LogP) is 3.86. The SMILES string of the molecule is Cc1ccc(N2C(=O)[C@@H]3[C@@H](C2=O)[C@@H](C(=O)c2ccco2)N2c4ccccc4C=C[C@H]32)cc1. The number of amides is 2. The van der Waals surface area contributed by atoms with Gasteiger partial charge < -0.3 is 9.32 Å². The predicted molar refractivity (Wildman–Crippen MR) is 119 cm³/mol. The minimum atomic E-state index is -0.825. The second kappa shape index (κ2) is 6.79. The molecule has 1 aromatic heterocycles. The van der Waals surface area contributed by atoms with Crippen LogP contribution in [0.1, 0.15) is 21.7 Å². The van der Waals surface area contributed by atoms with Crippen LogP contribution in [0.3, 0.4) is 0 Å². The first-order chi connectivity index (χ1) is 15.6. The van der Waals surface area contributed by atoms with Crippen molar-refractivity contribution in [3.05, 3.63) is 89.9 Å².